The molecule has 0 aromatic heterocycles. The third-order valence-corrected chi connectivity index (χ3v) is 4.81. The summed E-state index contributed by atoms with van der Waals surface area (Å²) in [7, 11) is 0. The third-order valence-electron chi connectivity index (χ3n) is 4.81. The highest BCUT2D eigenvalue weighted by Gasteiger charge is 2.31. The summed E-state index contributed by atoms with van der Waals surface area (Å²) >= 11 is 0. The van der Waals surface area contributed by atoms with Crippen LogP contribution in [-0.2, 0) is 6.42 Å². The summed E-state index contributed by atoms with van der Waals surface area (Å²) in [6.45, 7) is 1.40. The third kappa shape index (κ3) is 5.36. The quantitative estimate of drug-likeness (QED) is 0.602. The van der Waals surface area contributed by atoms with E-state index in [9.17, 15) is 18.4 Å². The Morgan fingerprint density at radius 1 is 1.13 bits per heavy atom. The van der Waals surface area contributed by atoms with Gasteiger partial charge in [0.1, 0.15) is 12.7 Å². The highest BCUT2D eigenvalue weighted by Crippen LogP contribution is 2.35. The van der Waals surface area contributed by atoms with E-state index in [0.29, 0.717) is 12.1 Å². The van der Waals surface area contributed by atoms with Crippen molar-refractivity contribution in [3.05, 3.63) is 53.6 Å². The van der Waals surface area contributed by atoms with Crippen LogP contribution in [0.3, 0.4) is 0 Å². The second-order valence-corrected chi connectivity index (χ2v) is 7.05. The molecule has 2 aromatic rings. The molecule has 2 aromatic carbocycles. The Bertz CT molecular complexity index is 896. The first kappa shape index (κ1) is 21.8. The predicted octanol–water partition coefficient (Wildman–Crippen LogP) is 4.61. The topological polar surface area (TPSA) is 57.5 Å². The zero-order valence-corrected chi connectivity index (χ0v) is 16.7. The van der Waals surface area contributed by atoms with Gasteiger partial charge in [0.25, 0.3) is 0 Å². The van der Waals surface area contributed by atoms with E-state index in [1.165, 1.54) is 6.07 Å². The Morgan fingerprint density at radius 2 is 1.87 bits per heavy atom. The van der Waals surface area contributed by atoms with Crippen LogP contribution >= 0.6 is 0 Å². The first-order chi connectivity index (χ1) is 14.4. The molecule has 0 spiro atoms. The highest BCUT2D eigenvalue weighted by molar-refractivity contribution is 5.67. The first-order valence-electron chi connectivity index (χ1n) is 9.89. The summed E-state index contributed by atoms with van der Waals surface area (Å²) in [5.41, 5.74) is 5.97. The zero-order chi connectivity index (χ0) is 21.6. The van der Waals surface area contributed by atoms with Gasteiger partial charge in [-0.15, -0.1) is 0 Å². The van der Waals surface area contributed by atoms with E-state index in [4.69, 9.17) is 9.47 Å². The number of nitrogens with zero attached hydrogens (tertiary/aromatic N) is 2. The molecule has 0 amide bonds. The summed E-state index contributed by atoms with van der Waals surface area (Å²) in [5, 5.41) is 11.5. The summed E-state index contributed by atoms with van der Waals surface area (Å²) < 4.78 is 47.8. The Hall–Kier alpha value is -2.92. The van der Waals surface area contributed by atoms with Gasteiger partial charge in [0.2, 0.25) is 0 Å². The highest BCUT2D eigenvalue weighted by atomic mass is 19.4. The van der Waals surface area contributed by atoms with Crippen molar-refractivity contribution < 1.29 is 22.6 Å². The molecule has 0 bridgehead atoms. The first-order valence-corrected chi connectivity index (χ1v) is 9.89. The molecule has 1 atom stereocenters. The molecule has 0 fully saturated rings. The van der Waals surface area contributed by atoms with Crippen LogP contribution in [0.15, 0.2) is 42.5 Å². The smallest absolute Gasteiger partial charge is 0.422 e. The molecule has 3 rings (SSSR count). The summed E-state index contributed by atoms with van der Waals surface area (Å²) in [4.78, 5) is 0. The van der Waals surface area contributed by atoms with Gasteiger partial charge in [-0.2, -0.15) is 18.4 Å². The average molecular weight is 419 g/mol. The van der Waals surface area contributed by atoms with Crippen LogP contribution in [0.1, 0.15) is 30.9 Å². The lowest BCUT2D eigenvalue weighted by molar-refractivity contribution is -0.153. The van der Waals surface area contributed by atoms with E-state index >= 15 is 0 Å². The number of rotatable bonds is 9. The van der Waals surface area contributed by atoms with E-state index in [0.717, 1.165) is 30.5 Å². The second-order valence-electron chi connectivity index (χ2n) is 7.05. The van der Waals surface area contributed by atoms with Crippen LogP contribution < -0.4 is 19.9 Å². The van der Waals surface area contributed by atoms with Gasteiger partial charge in [-0.3, -0.25) is 0 Å². The monoisotopic (exact) mass is 419 g/mol. The molecule has 0 radical (unpaired) electrons. The van der Waals surface area contributed by atoms with Crippen LogP contribution in [0.4, 0.5) is 18.9 Å². The number of alkyl halides is 3. The maximum Gasteiger partial charge on any atom is 0.422 e. The number of hydrogen-bond acceptors (Lipinski definition) is 5. The van der Waals surface area contributed by atoms with Crippen LogP contribution in [0.25, 0.3) is 0 Å². The van der Waals surface area contributed by atoms with Crippen LogP contribution in [-0.4, -0.2) is 32.0 Å². The van der Waals surface area contributed by atoms with E-state index < -0.39 is 12.8 Å². The molecule has 1 N–H and O–H groups in total. The second kappa shape index (κ2) is 9.72. The SMILES string of the molecule is CCCC1Cc2cccc(C#N)c2N1NCCOc1ccccc1OCC(F)(F)F. The van der Waals surface area contributed by atoms with E-state index in [1.807, 2.05) is 17.1 Å². The molecule has 30 heavy (non-hydrogen) atoms. The molecular formula is C22H24F3N3O2. The van der Waals surface area contributed by atoms with Gasteiger partial charge in [-0.1, -0.05) is 37.6 Å². The average Bonchev–Trinajstić information content (AvgIpc) is 3.07. The van der Waals surface area contributed by atoms with Crippen LogP contribution in [0.5, 0.6) is 11.5 Å². The van der Waals surface area contributed by atoms with Gasteiger partial charge < -0.3 is 14.5 Å². The van der Waals surface area contributed by atoms with E-state index in [-0.39, 0.29) is 24.1 Å². The molecule has 0 saturated carbocycles. The number of fused-ring (bicyclic) bond motifs is 1. The molecule has 160 valence electrons. The number of benzene rings is 2. The molecule has 1 aliphatic heterocycles. The number of ether oxygens (including phenoxy) is 2. The van der Waals surface area contributed by atoms with Gasteiger partial charge >= 0.3 is 6.18 Å². The molecule has 0 saturated heterocycles. The summed E-state index contributed by atoms with van der Waals surface area (Å²) in [6, 6.07) is 14.5. The van der Waals surface area contributed by atoms with Crippen molar-refractivity contribution in [2.75, 3.05) is 24.8 Å². The molecule has 5 nitrogen and oxygen atoms in total. The van der Waals surface area contributed by atoms with Gasteiger partial charge in [-0.05, 0) is 36.6 Å². The van der Waals surface area contributed by atoms with Crippen molar-refractivity contribution in [1.29, 1.82) is 5.26 Å². The van der Waals surface area contributed by atoms with Crippen LogP contribution in [0, 0.1) is 11.3 Å². The number of para-hydroxylation sites is 3. The van der Waals surface area contributed by atoms with Crippen molar-refractivity contribution in [2.45, 2.75) is 38.4 Å². The van der Waals surface area contributed by atoms with Gasteiger partial charge in [0.15, 0.2) is 18.1 Å². The summed E-state index contributed by atoms with van der Waals surface area (Å²) in [5.74, 6) is 0.310. The predicted molar refractivity (Wildman–Crippen MR) is 108 cm³/mol. The van der Waals surface area contributed by atoms with Crippen molar-refractivity contribution >= 4 is 5.69 Å². The van der Waals surface area contributed by atoms with Gasteiger partial charge in [0, 0.05) is 12.6 Å². The number of anilines is 1. The van der Waals surface area contributed by atoms with E-state index in [1.54, 1.807) is 24.3 Å². The Balaban J connectivity index is 1.61. The molecule has 1 heterocycles. The fourth-order valence-corrected chi connectivity index (χ4v) is 3.61. The molecule has 0 aliphatic carbocycles. The standard InChI is InChI=1S/C22H24F3N3O2/c1-2-6-18-13-16-7-5-8-17(14-26)21(16)28(18)27-11-12-29-19-9-3-4-10-20(19)30-15-22(23,24)25/h3-5,7-10,18,27H,2,6,11-13,15H2,1H3. The van der Waals surface area contributed by atoms with E-state index in [2.05, 4.69) is 18.4 Å². The minimum absolute atomic E-state index is 0.0527. The summed E-state index contributed by atoms with van der Waals surface area (Å²) in [6.07, 6.45) is -1.56. The Morgan fingerprint density at radius 3 is 2.53 bits per heavy atom. The number of hydrazine groups is 1. The normalized spacial score (nSPS) is 15.6. The van der Waals surface area contributed by atoms with Crippen molar-refractivity contribution in [3.63, 3.8) is 0 Å². The lowest BCUT2D eigenvalue weighted by atomic mass is 10.1. The largest absolute Gasteiger partial charge is 0.488 e. The zero-order valence-electron chi connectivity index (χ0n) is 16.7. The number of halogens is 3. The van der Waals surface area contributed by atoms with Crippen LogP contribution in [0.2, 0.25) is 0 Å². The van der Waals surface area contributed by atoms with Crippen molar-refractivity contribution in [1.82, 2.24) is 5.43 Å². The minimum atomic E-state index is -4.41. The molecule has 1 unspecified atom stereocenters. The minimum Gasteiger partial charge on any atom is -0.488 e. The van der Waals surface area contributed by atoms with Crippen molar-refractivity contribution in [3.8, 4) is 17.6 Å². The maximum atomic E-state index is 12.4. The molecule has 1 aliphatic rings. The lowest BCUT2D eigenvalue weighted by Crippen LogP contribution is -2.45. The Kier molecular flexibility index (Phi) is 7.06. The maximum absolute atomic E-state index is 12.4. The van der Waals surface area contributed by atoms with Crippen molar-refractivity contribution in [2.24, 2.45) is 0 Å². The molecule has 8 heteroatoms. The van der Waals surface area contributed by atoms with Gasteiger partial charge in [0.05, 0.1) is 11.3 Å². The fourth-order valence-electron chi connectivity index (χ4n) is 3.61. The molecular weight excluding hydrogens is 395 g/mol. The number of nitrogens with one attached hydrogen (secondary N) is 1. The Labute approximate surface area is 174 Å². The lowest BCUT2D eigenvalue weighted by Gasteiger charge is -2.28. The van der Waals surface area contributed by atoms with Gasteiger partial charge in [-0.25, -0.2) is 5.43 Å². The number of nitriles is 1. The number of hydrogen-bond donors (Lipinski definition) is 1. The fraction of sp³-hybridized carbons (Fsp3) is 0.409.